The van der Waals surface area contributed by atoms with Gasteiger partial charge in [-0.1, -0.05) is 12.1 Å². The number of benzene rings is 1. The fourth-order valence-electron chi connectivity index (χ4n) is 1.90. The van der Waals surface area contributed by atoms with Gasteiger partial charge in [0, 0.05) is 6.54 Å². The average Bonchev–Trinajstić information content (AvgIpc) is 2.52. The minimum Gasteiger partial charge on any atom is -0.480 e. The van der Waals surface area contributed by atoms with Crippen molar-refractivity contribution in [3.8, 4) is 5.88 Å². The lowest BCUT2D eigenvalue weighted by Crippen LogP contribution is -2.12. The topological polar surface area (TPSA) is 137 Å². The van der Waals surface area contributed by atoms with Crippen LogP contribution in [0, 0.1) is 10.1 Å². The number of rotatable bonds is 6. The van der Waals surface area contributed by atoms with Crippen LogP contribution < -0.4 is 15.2 Å². The summed E-state index contributed by atoms with van der Waals surface area (Å²) in [4.78, 5) is 14.4. The van der Waals surface area contributed by atoms with Gasteiger partial charge in [0.15, 0.2) is 0 Å². The van der Waals surface area contributed by atoms with E-state index >= 15 is 0 Å². The predicted octanol–water partition coefficient (Wildman–Crippen LogP) is 2.02. The number of hydrogen-bond acceptors (Lipinski definition) is 7. The summed E-state index contributed by atoms with van der Waals surface area (Å²) in [5.74, 6) is 0.202. The van der Waals surface area contributed by atoms with Gasteiger partial charge in [0.25, 0.3) is 0 Å². The molecule has 2 rings (SSSR count). The first kappa shape index (κ1) is 18.1. The number of anilines is 1. The van der Waals surface area contributed by atoms with Gasteiger partial charge in [0.2, 0.25) is 15.9 Å². The number of pyridine rings is 1. The van der Waals surface area contributed by atoms with Crippen LogP contribution in [0.4, 0.5) is 11.4 Å². The number of nitrogens with zero attached hydrogens (tertiary/aromatic N) is 2. The Morgan fingerprint density at radius 2 is 2.00 bits per heavy atom. The Balaban J connectivity index is 2.27. The fourth-order valence-corrected chi connectivity index (χ4v) is 3.02. The number of nitrogens with one attached hydrogen (secondary N) is 1. The molecule has 0 aliphatic carbocycles. The van der Waals surface area contributed by atoms with Gasteiger partial charge in [-0.2, -0.15) is 0 Å². The van der Waals surface area contributed by atoms with Crippen molar-refractivity contribution >= 4 is 37.3 Å². The largest absolute Gasteiger partial charge is 0.480 e. The molecule has 11 heteroatoms. The Morgan fingerprint density at radius 3 is 2.50 bits per heavy atom. The average molecular weight is 417 g/mol. The van der Waals surface area contributed by atoms with Gasteiger partial charge in [0.1, 0.15) is 16.4 Å². The van der Waals surface area contributed by atoms with Gasteiger partial charge in [-0.05, 0) is 33.6 Å². The first-order chi connectivity index (χ1) is 11.2. The zero-order valence-corrected chi connectivity index (χ0v) is 14.8. The zero-order valence-electron chi connectivity index (χ0n) is 12.4. The summed E-state index contributed by atoms with van der Waals surface area (Å²) < 4.78 is 27.8. The second-order valence-corrected chi connectivity index (χ2v) is 7.00. The molecule has 128 valence electrons. The molecule has 0 amide bonds. The van der Waals surface area contributed by atoms with Crippen LogP contribution in [0.25, 0.3) is 0 Å². The molecule has 0 aliphatic rings. The first-order valence-electron chi connectivity index (χ1n) is 6.46. The van der Waals surface area contributed by atoms with Crippen molar-refractivity contribution in [3.05, 3.63) is 50.6 Å². The third-order valence-electron chi connectivity index (χ3n) is 3.08. The normalized spacial score (nSPS) is 11.1. The van der Waals surface area contributed by atoms with Crippen LogP contribution in [0.3, 0.4) is 0 Å². The van der Waals surface area contributed by atoms with Crippen LogP contribution in [0.1, 0.15) is 5.56 Å². The van der Waals surface area contributed by atoms with Crippen LogP contribution in [-0.4, -0.2) is 25.4 Å². The lowest BCUT2D eigenvalue weighted by molar-refractivity contribution is -0.384. The van der Waals surface area contributed by atoms with Crippen LogP contribution >= 0.6 is 15.9 Å². The van der Waals surface area contributed by atoms with Crippen molar-refractivity contribution in [1.82, 2.24) is 4.98 Å². The van der Waals surface area contributed by atoms with Gasteiger partial charge in [-0.3, -0.25) is 10.1 Å². The van der Waals surface area contributed by atoms with Crippen molar-refractivity contribution in [3.63, 3.8) is 0 Å². The number of primary sulfonamides is 1. The molecule has 0 saturated heterocycles. The summed E-state index contributed by atoms with van der Waals surface area (Å²) in [6.07, 6.45) is 1.09. The third-order valence-corrected chi connectivity index (χ3v) is 4.74. The lowest BCUT2D eigenvalue weighted by Gasteiger charge is -2.11. The summed E-state index contributed by atoms with van der Waals surface area (Å²) in [6, 6.07) is 5.85. The minimum atomic E-state index is -3.76. The number of nitro groups is 1. The maximum absolute atomic E-state index is 11.2. The molecule has 0 unspecified atom stereocenters. The van der Waals surface area contributed by atoms with Gasteiger partial charge >= 0.3 is 5.69 Å². The molecule has 1 aromatic heterocycles. The maximum atomic E-state index is 11.2. The highest BCUT2D eigenvalue weighted by atomic mass is 79.9. The fraction of sp³-hybridized carbons (Fsp3) is 0.154. The van der Waals surface area contributed by atoms with Crippen LogP contribution in [0.5, 0.6) is 5.88 Å². The summed E-state index contributed by atoms with van der Waals surface area (Å²) >= 11 is 3.22. The monoisotopic (exact) mass is 416 g/mol. The van der Waals surface area contributed by atoms with Crippen molar-refractivity contribution in [2.24, 2.45) is 5.14 Å². The molecule has 3 N–H and O–H groups in total. The van der Waals surface area contributed by atoms with Crippen molar-refractivity contribution in [1.29, 1.82) is 0 Å². The molecule has 0 spiro atoms. The molecule has 24 heavy (non-hydrogen) atoms. The molecule has 0 atom stereocenters. The number of sulfonamides is 1. The molecule has 0 radical (unpaired) electrons. The van der Waals surface area contributed by atoms with Crippen LogP contribution in [0.15, 0.2) is 39.8 Å². The molecule has 9 nitrogen and oxygen atoms in total. The summed E-state index contributed by atoms with van der Waals surface area (Å²) in [5, 5.41) is 19.1. The van der Waals surface area contributed by atoms with E-state index in [1.165, 1.54) is 19.2 Å². The Labute approximate surface area is 146 Å². The number of ether oxygens (including phenoxy) is 1. The molecule has 0 aliphatic heterocycles. The SMILES string of the molecule is COc1ncc([N+](=O)[O-])c(NCc2ccc(S(N)(=O)=O)cc2)c1Br. The number of methoxy groups -OCH3 is 1. The molecular weight excluding hydrogens is 404 g/mol. The van der Waals surface area contributed by atoms with E-state index in [9.17, 15) is 18.5 Å². The highest BCUT2D eigenvalue weighted by Crippen LogP contribution is 2.37. The summed E-state index contributed by atoms with van der Waals surface area (Å²) in [7, 11) is -2.36. The van der Waals surface area contributed by atoms with E-state index < -0.39 is 14.9 Å². The van der Waals surface area contributed by atoms with Gasteiger partial charge in [0.05, 0.1) is 16.9 Å². The molecule has 2 aromatic rings. The second-order valence-electron chi connectivity index (χ2n) is 4.64. The van der Waals surface area contributed by atoms with E-state index in [4.69, 9.17) is 9.88 Å². The Bertz CT molecular complexity index is 871. The van der Waals surface area contributed by atoms with E-state index in [0.29, 0.717) is 10.0 Å². The number of aromatic nitrogens is 1. The number of nitrogens with two attached hydrogens (primary N) is 1. The summed E-state index contributed by atoms with van der Waals surface area (Å²) in [5.41, 5.74) is 0.700. The van der Waals surface area contributed by atoms with E-state index in [1.54, 1.807) is 12.1 Å². The van der Waals surface area contributed by atoms with Crippen LogP contribution in [-0.2, 0) is 16.6 Å². The Hall–Kier alpha value is -2.24. The molecule has 1 heterocycles. The highest BCUT2D eigenvalue weighted by Gasteiger charge is 2.21. The van der Waals surface area contributed by atoms with Crippen molar-refractivity contribution in [2.45, 2.75) is 11.4 Å². The standard InChI is InChI=1S/C13H13BrN4O5S/c1-23-13-11(14)12(10(7-17-13)18(19)20)16-6-8-2-4-9(5-3-8)24(15,21)22/h2-5,7H,6H2,1H3,(H,16,17)(H2,15,21,22). The van der Waals surface area contributed by atoms with Gasteiger partial charge in [-0.15, -0.1) is 0 Å². The van der Waals surface area contributed by atoms with Gasteiger partial charge in [-0.25, -0.2) is 18.5 Å². The van der Waals surface area contributed by atoms with Gasteiger partial charge < -0.3 is 10.1 Å². The molecular formula is C13H13BrN4O5S. The minimum absolute atomic E-state index is 0.0102. The Kier molecular flexibility index (Phi) is 5.36. The van der Waals surface area contributed by atoms with E-state index in [1.807, 2.05) is 0 Å². The van der Waals surface area contributed by atoms with E-state index in [2.05, 4.69) is 26.2 Å². The highest BCUT2D eigenvalue weighted by molar-refractivity contribution is 9.10. The smallest absolute Gasteiger partial charge is 0.311 e. The van der Waals surface area contributed by atoms with E-state index in [-0.39, 0.29) is 28.7 Å². The zero-order chi connectivity index (χ0) is 17.9. The molecule has 0 bridgehead atoms. The quantitative estimate of drug-likeness (QED) is 0.542. The maximum Gasteiger partial charge on any atom is 0.311 e. The molecule has 0 fully saturated rings. The molecule has 0 saturated carbocycles. The van der Waals surface area contributed by atoms with Crippen LogP contribution in [0.2, 0.25) is 0 Å². The van der Waals surface area contributed by atoms with Crippen molar-refractivity contribution < 1.29 is 18.1 Å². The second kappa shape index (κ2) is 7.11. The Morgan fingerprint density at radius 1 is 1.38 bits per heavy atom. The molecule has 1 aromatic carbocycles. The van der Waals surface area contributed by atoms with E-state index in [0.717, 1.165) is 6.20 Å². The lowest BCUT2D eigenvalue weighted by atomic mass is 10.2. The predicted molar refractivity (Wildman–Crippen MR) is 90.3 cm³/mol. The number of halogens is 1. The third kappa shape index (κ3) is 3.99. The number of hydrogen-bond donors (Lipinski definition) is 2. The van der Waals surface area contributed by atoms with Crippen molar-refractivity contribution in [2.75, 3.05) is 12.4 Å². The summed E-state index contributed by atoms with van der Waals surface area (Å²) in [6.45, 7) is 0.220. The first-order valence-corrected chi connectivity index (χ1v) is 8.80.